The molecule has 2 atom stereocenters. The Hall–Kier alpha value is -15.6. The summed E-state index contributed by atoms with van der Waals surface area (Å²) in [5, 5.41) is 11.5. The van der Waals surface area contributed by atoms with Gasteiger partial charge in [-0.1, -0.05) is 400 Å². The number of fused-ring (bicyclic) bond motifs is 26. The van der Waals surface area contributed by atoms with E-state index in [-0.39, 0.29) is 12.2 Å². The molecule has 2 unspecified atom stereocenters. The van der Waals surface area contributed by atoms with Crippen LogP contribution < -0.4 is 10.6 Å². The molecule has 0 amide bonds. The molecule has 2 aliphatic carbocycles. The first-order chi connectivity index (χ1) is 63.4. The standard InChI is InChI=1S/C120H76N6S2/c1-6-27-75(28-7-1)105-71-106(124-117(123-105)80-33-12-4-13-34-80)76-53-49-73(50-54-76)83-57-64-103-93(68-83)111-92(114(121-103)79-31-10-3-11-32-79)61-63-101-116(111)128-110-66-59-85(70-102(110)120(101)97-45-22-18-41-89(97)90-42-19-23-46-98(90)120)74-51-55-77(56-52-74)107-72-108(126-118(125-107)81-35-14-5-15-36-81)86-38-26-37-82(67-86)84-58-65-104-94(69-84)112-91(113(122-104)78-29-8-2-9-30-78)60-62-100-115(112)127-109-48-25-24-47-99(109)119(100)95-43-20-16-39-87(95)88-40-17-21-44-96(88)119/h1-72,114,118,121,126H. The van der Waals surface area contributed by atoms with E-state index in [4.69, 9.17) is 19.9 Å². The normalized spacial score (nSPS) is 15.2. The lowest BCUT2D eigenvalue weighted by Gasteiger charge is -2.42. The van der Waals surface area contributed by atoms with Crippen molar-refractivity contribution in [3.8, 4) is 112 Å². The molecule has 20 aromatic rings. The number of anilines is 1. The third-order valence-corrected chi connectivity index (χ3v) is 29.7. The van der Waals surface area contributed by atoms with E-state index >= 15 is 0 Å². The summed E-state index contributed by atoms with van der Waals surface area (Å²) in [4.78, 5) is 26.5. The van der Waals surface area contributed by atoms with Crippen molar-refractivity contribution in [3.05, 3.63) is 509 Å². The summed E-state index contributed by atoms with van der Waals surface area (Å²) in [5.41, 5.74) is 40.0. The van der Waals surface area contributed by atoms with Crippen LogP contribution in [0.4, 0.5) is 5.69 Å². The first-order valence-electron chi connectivity index (χ1n) is 43.9. The number of hydrogen-bond acceptors (Lipinski definition) is 8. The van der Waals surface area contributed by atoms with Crippen LogP contribution in [0.15, 0.2) is 461 Å². The Labute approximate surface area is 750 Å². The molecule has 2 N–H and O–H groups in total. The Morgan fingerprint density at radius 3 is 1.40 bits per heavy atom. The van der Waals surface area contributed by atoms with E-state index < -0.39 is 10.8 Å². The fourth-order valence-corrected chi connectivity index (χ4v) is 24.2. The number of allylic oxidation sites excluding steroid dienone is 1. The smallest absolute Gasteiger partial charge is 0.160 e. The largest absolute Gasteiger partial charge is 0.374 e. The molecule has 0 saturated heterocycles. The van der Waals surface area contributed by atoms with Gasteiger partial charge >= 0.3 is 0 Å². The zero-order valence-electron chi connectivity index (χ0n) is 69.3. The maximum absolute atomic E-state index is 5.61. The van der Waals surface area contributed by atoms with E-state index in [9.17, 15) is 0 Å². The molecule has 26 rings (SSSR count). The summed E-state index contributed by atoms with van der Waals surface area (Å²) in [6, 6.07) is 159. The highest BCUT2D eigenvalue weighted by Gasteiger charge is 2.53. The zero-order valence-corrected chi connectivity index (χ0v) is 71.0. The molecule has 8 heteroatoms. The number of benzene rings is 18. The maximum atomic E-state index is 5.61. The highest BCUT2D eigenvalue weighted by atomic mass is 32.2. The lowest BCUT2D eigenvalue weighted by molar-refractivity contribution is 0.664. The Morgan fingerprint density at radius 1 is 0.273 bits per heavy atom. The second kappa shape index (κ2) is 29.5. The van der Waals surface area contributed by atoms with Gasteiger partial charge in [0.05, 0.1) is 45.2 Å². The summed E-state index contributed by atoms with van der Waals surface area (Å²) in [7, 11) is 0. The number of nitrogens with one attached hydrogen (secondary N) is 2. The minimum absolute atomic E-state index is 0.100. The Kier molecular flexibility index (Phi) is 17.1. The van der Waals surface area contributed by atoms with Crippen LogP contribution in [0.3, 0.4) is 0 Å². The number of rotatable bonds is 11. The molecule has 2 spiro atoms. The maximum Gasteiger partial charge on any atom is 0.160 e. The summed E-state index contributed by atoms with van der Waals surface area (Å²) >= 11 is 3.82. The van der Waals surface area contributed by atoms with Gasteiger partial charge in [-0.3, -0.25) is 4.99 Å². The number of aromatic nitrogens is 3. The van der Waals surface area contributed by atoms with Crippen LogP contribution in [0.2, 0.25) is 0 Å². The van der Waals surface area contributed by atoms with Crippen LogP contribution in [-0.4, -0.2) is 20.7 Å². The highest BCUT2D eigenvalue weighted by molar-refractivity contribution is 8.00. The van der Waals surface area contributed by atoms with Gasteiger partial charge in [0.25, 0.3) is 0 Å². The van der Waals surface area contributed by atoms with Gasteiger partial charge in [-0.15, -0.1) is 0 Å². The molecular formula is C120H76N6S2. The zero-order chi connectivity index (χ0) is 84.1. The van der Waals surface area contributed by atoms with Gasteiger partial charge in [0.15, 0.2) is 5.82 Å². The van der Waals surface area contributed by atoms with Crippen LogP contribution in [0, 0.1) is 0 Å². The molecule has 6 nitrogen and oxygen atoms in total. The van der Waals surface area contributed by atoms with Gasteiger partial charge in [0, 0.05) is 80.5 Å². The van der Waals surface area contributed by atoms with E-state index in [1.165, 1.54) is 114 Å². The Bertz CT molecular complexity index is 7900. The number of pyridine rings is 1. The summed E-state index contributed by atoms with van der Waals surface area (Å²) < 4.78 is 0. The first-order valence-corrected chi connectivity index (χ1v) is 45.6. The van der Waals surface area contributed by atoms with Crippen LogP contribution in [0.25, 0.3) is 139 Å². The van der Waals surface area contributed by atoms with E-state index in [1.54, 1.807) is 0 Å². The quantitative estimate of drug-likeness (QED) is 0.125. The fraction of sp³-hybridized carbons (Fsp3) is 0.0333. The molecule has 4 aliphatic heterocycles. The van der Waals surface area contributed by atoms with Crippen molar-refractivity contribution in [2.45, 2.75) is 42.6 Å². The summed E-state index contributed by atoms with van der Waals surface area (Å²) in [6.07, 6.45) is 1.90. The Balaban J connectivity index is 0.570. The van der Waals surface area contributed by atoms with E-state index in [2.05, 4.69) is 423 Å². The van der Waals surface area contributed by atoms with Crippen molar-refractivity contribution in [2.75, 3.05) is 5.32 Å². The van der Waals surface area contributed by atoms with Gasteiger partial charge in [0.1, 0.15) is 6.17 Å². The molecule has 0 bridgehead atoms. The number of aliphatic imine (C=N–C) groups is 1. The van der Waals surface area contributed by atoms with Crippen molar-refractivity contribution in [2.24, 2.45) is 4.99 Å². The Morgan fingerprint density at radius 2 is 0.742 bits per heavy atom. The topological polar surface area (TPSA) is 75.1 Å². The van der Waals surface area contributed by atoms with E-state index in [0.29, 0.717) is 5.82 Å². The molecule has 18 aromatic carbocycles. The molecule has 0 radical (unpaired) electrons. The predicted octanol–water partition coefficient (Wildman–Crippen LogP) is 29.8. The third kappa shape index (κ3) is 11.5. The first kappa shape index (κ1) is 73.9. The predicted molar refractivity (Wildman–Crippen MR) is 526 cm³/mol. The summed E-state index contributed by atoms with van der Waals surface area (Å²) in [5.74, 6) is 0.696. The molecule has 2 aromatic heterocycles. The molecular weight excluding hydrogens is 1590 g/mol. The van der Waals surface area contributed by atoms with Gasteiger partial charge in [-0.25, -0.2) is 15.0 Å². The molecule has 598 valence electrons. The lowest BCUT2D eigenvalue weighted by atomic mass is 9.66. The second-order valence-electron chi connectivity index (χ2n) is 34.1. The average molecular weight is 1670 g/mol. The van der Waals surface area contributed by atoms with Gasteiger partial charge in [0.2, 0.25) is 0 Å². The fourth-order valence-electron chi connectivity index (χ4n) is 21.5. The van der Waals surface area contributed by atoms with Crippen LogP contribution in [0.1, 0.15) is 84.5 Å². The number of hydrogen-bond donors (Lipinski definition) is 2. The monoisotopic (exact) mass is 1660 g/mol. The van der Waals surface area contributed by atoms with Crippen LogP contribution >= 0.6 is 23.5 Å². The molecule has 0 saturated carbocycles. The molecule has 6 aliphatic rings. The van der Waals surface area contributed by atoms with Crippen LogP contribution in [0.5, 0.6) is 0 Å². The average Bonchev–Trinajstić information content (AvgIpc) is 1.47. The van der Waals surface area contributed by atoms with Gasteiger partial charge in [-0.05, 0) is 189 Å². The minimum atomic E-state index is -0.676. The minimum Gasteiger partial charge on any atom is -0.374 e. The molecule has 6 heterocycles. The van der Waals surface area contributed by atoms with Crippen molar-refractivity contribution in [1.82, 2.24) is 20.3 Å². The van der Waals surface area contributed by atoms with Crippen molar-refractivity contribution in [1.29, 1.82) is 0 Å². The summed E-state index contributed by atoms with van der Waals surface area (Å²) in [6.45, 7) is 0. The second-order valence-corrected chi connectivity index (χ2v) is 36.2. The third-order valence-electron chi connectivity index (χ3n) is 27.3. The van der Waals surface area contributed by atoms with Gasteiger partial charge < -0.3 is 10.6 Å². The van der Waals surface area contributed by atoms with Crippen molar-refractivity contribution < 1.29 is 0 Å². The van der Waals surface area contributed by atoms with Gasteiger partial charge in [-0.2, -0.15) is 0 Å². The van der Waals surface area contributed by atoms with Crippen molar-refractivity contribution >= 4 is 62.3 Å². The van der Waals surface area contributed by atoms with E-state index in [1.807, 2.05) is 47.8 Å². The molecule has 128 heavy (non-hydrogen) atoms. The van der Waals surface area contributed by atoms with Crippen LogP contribution in [-0.2, 0) is 10.8 Å². The van der Waals surface area contributed by atoms with E-state index in [0.717, 1.165) is 123 Å². The SMILES string of the molecule is C1=C(c2cccc(-c3ccc4nc(-c5ccccc5)c5ccc6c(c5c4c3)Sc3ccccc3C63c4ccccc4-c4ccccc43)c2)NC(c2ccccc2)N=C1c1ccc(-c2ccc3c(c2)C2(c4ccccc4-c4ccccc42)c2ccc4c(c2S3)-c2cc(-c3ccc(-c5cc(-c6ccccc6)nc(-c6ccccc6)n5)cc3)ccc2NC4c2ccccc2)cc1. The highest BCUT2D eigenvalue weighted by Crippen LogP contribution is 2.67. The number of nitrogens with zero attached hydrogens (tertiary/aromatic N) is 4. The lowest BCUT2D eigenvalue weighted by Crippen LogP contribution is -2.33. The van der Waals surface area contributed by atoms with Crippen molar-refractivity contribution in [3.63, 3.8) is 0 Å². The molecule has 0 fully saturated rings.